The van der Waals surface area contributed by atoms with Crippen molar-refractivity contribution in [2.24, 2.45) is 0 Å². The molecule has 0 aliphatic heterocycles. The van der Waals surface area contributed by atoms with E-state index in [1.165, 1.54) is 0 Å². The molecule has 0 amide bonds. The minimum Gasteiger partial charge on any atom is -0.308 e. The Hall–Kier alpha value is -0.900. The fraction of sp³-hybridized carbons (Fsp3) is 0.308. The van der Waals surface area contributed by atoms with E-state index >= 15 is 0 Å². The van der Waals surface area contributed by atoms with Crippen LogP contribution in [0.2, 0.25) is 5.02 Å². The van der Waals surface area contributed by atoms with E-state index in [1.807, 2.05) is 24.3 Å². The number of nitrogens with zero attached hydrogens (tertiary/aromatic N) is 1. The zero-order valence-electron chi connectivity index (χ0n) is 9.90. The van der Waals surface area contributed by atoms with Crippen molar-refractivity contribution in [2.75, 3.05) is 0 Å². The summed E-state index contributed by atoms with van der Waals surface area (Å²) in [6, 6.07) is 8.26. The average molecular weight is 267 g/mol. The molecule has 1 aromatic carbocycles. The molecule has 0 saturated heterocycles. The molecular weight excluding hydrogens is 252 g/mol. The molecule has 4 heteroatoms. The van der Waals surface area contributed by atoms with Gasteiger partial charge in [-0.1, -0.05) is 37.6 Å². The molecule has 1 N–H and O–H groups in total. The summed E-state index contributed by atoms with van der Waals surface area (Å²) in [6.07, 6.45) is 0. The smallest absolute Gasteiger partial charge is 0.107 e. The van der Waals surface area contributed by atoms with E-state index in [0.717, 1.165) is 27.8 Å². The highest BCUT2D eigenvalue weighted by molar-refractivity contribution is 7.09. The van der Waals surface area contributed by atoms with Crippen molar-refractivity contribution >= 4 is 22.9 Å². The van der Waals surface area contributed by atoms with Crippen LogP contribution in [0.25, 0.3) is 11.3 Å². The van der Waals surface area contributed by atoms with E-state index in [4.69, 9.17) is 11.6 Å². The lowest BCUT2D eigenvalue weighted by Gasteiger charge is -2.04. The largest absolute Gasteiger partial charge is 0.308 e. The molecule has 0 spiro atoms. The highest BCUT2D eigenvalue weighted by Gasteiger charge is 2.04. The molecule has 0 fully saturated rings. The van der Waals surface area contributed by atoms with Gasteiger partial charge in [-0.15, -0.1) is 11.3 Å². The van der Waals surface area contributed by atoms with Crippen LogP contribution >= 0.6 is 22.9 Å². The van der Waals surface area contributed by atoms with Crippen LogP contribution < -0.4 is 5.32 Å². The standard InChI is InChI=1S/C13H15ClN2S/c1-9(2)15-7-13-16-12(8-17-13)10-3-5-11(14)6-4-10/h3-6,8-9,15H,7H2,1-2H3. The molecule has 0 atom stereocenters. The third kappa shape index (κ3) is 3.53. The van der Waals surface area contributed by atoms with E-state index in [0.29, 0.717) is 6.04 Å². The fourth-order valence-electron chi connectivity index (χ4n) is 1.44. The van der Waals surface area contributed by atoms with Crippen LogP contribution in [0.4, 0.5) is 0 Å². The number of thiazole rings is 1. The van der Waals surface area contributed by atoms with Crippen molar-refractivity contribution in [1.29, 1.82) is 0 Å². The van der Waals surface area contributed by atoms with Gasteiger partial charge < -0.3 is 5.32 Å². The summed E-state index contributed by atoms with van der Waals surface area (Å²) in [5.74, 6) is 0. The molecule has 0 radical (unpaired) electrons. The molecule has 0 unspecified atom stereocenters. The number of benzene rings is 1. The molecule has 1 aromatic heterocycles. The lowest BCUT2D eigenvalue weighted by molar-refractivity contribution is 0.587. The highest BCUT2D eigenvalue weighted by atomic mass is 35.5. The third-order valence-corrected chi connectivity index (χ3v) is 3.45. The van der Waals surface area contributed by atoms with Crippen LogP contribution in [-0.2, 0) is 6.54 Å². The quantitative estimate of drug-likeness (QED) is 0.906. The van der Waals surface area contributed by atoms with Crippen LogP contribution in [0.3, 0.4) is 0 Å². The molecule has 2 aromatic rings. The van der Waals surface area contributed by atoms with Crippen molar-refractivity contribution in [3.63, 3.8) is 0 Å². The summed E-state index contributed by atoms with van der Waals surface area (Å²) in [5.41, 5.74) is 2.13. The number of hydrogen-bond donors (Lipinski definition) is 1. The van der Waals surface area contributed by atoms with Gasteiger partial charge in [-0.25, -0.2) is 4.98 Å². The van der Waals surface area contributed by atoms with Gasteiger partial charge in [0.25, 0.3) is 0 Å². The Kier molecular flexibility index (Phi) is 4.15. The lowest BCUT2D eigenvalue weighted by Crippen LogP contribution is -2.21. The van der Waals surface area contributed by atoms with E-state index in [2.05, 4.69) is 29.5 Å². The van der Waals surface area contributed by atoms with Crippen LogP contribution in [0, 0.1) is 0 Å². The summed E-state index contributed by atoms with van der Waals surface area (Å²) < 4.78 is 0. The van der Waals surface area contributed by atoms with Crippen LogP contribution in [0.1, 0.15) is 18.9 Å². The summed E-state index contributed by atoms with van der Waals surface area (Å²) in [7, 11) is 0. The first-order chi connectivity index (χ1) is 8.15. The maximum Gasteiger partial charge on any atom is 0.107 e. The Morgan fingerprint density at radius 3 is 2.65 bits per heavy atom. The number of aromatic nitrogens is 1. The maximum atomic E-state index is 5.86. The molecule has 2 nitrogen and oxygen atoms in total. The molecule has 1 heterocycles. The van der Waals surface area contributed by atoms with E-state index in [-0.39, 0.29) is 0 Å². The van der Waals surface area contributed by atoms with Gasteiger partial charge in [-0.05, 0) is 12.1 Å². The van der Waals surface area contributed by atoms with Crippen molar-refractivity contribution in [3.8, 4) is 11.3 Å². The molecule has 0 aliphatic rings. The first kappa shape index (κ1) is 12.6. The predicted octanol–water partition coefficient (Wildman–Crippen LogP) is 3.96. The van der Waals surface area contributed by atoms with Gasteiger partial charge in [-0.2, -0.15) is 0 Å². The monoisotopic (exact) mass is 266 g/mol. The Balaban J connectivity index is 2.10. The van der Waals surface area contributed by atoms with Crippen LogP contribution in [0.15, 0.2) is 29.6 Å². The number of hydrogen-bond acceptors (Lipinski definition) is 3. The first-order valence-corrected chi connectivity index (χ1v) is 6.84. The van der Waals surface area contributed by atoms with Gasteiger partial charge in [-0.3, -0.25) is 0 Å². The van der Waals surface area contributed by atoms with Crippen LogP contribution in [0.5, 0.6) is 0 Å². The Bertz CT molecular complexity index is 476. The molecule has 90 valence electrons. The summed E-state index contributed by atoms with van der Waals surface area (Å²) in [4.78, 5) is 4.60. The van der Waals surface area contributed by atoms with Crippen LogP contribution in [-0.4, -0.2) is 11.0 Å². The van der Waals surface area contributed by atoms with Crippen molar-refractivity contribution in [1.82, 2.24) is 10.3 Å². The summed E-state index contributed by atoms with van der Waals surface area (Å²) in [5, 5.41) is 7.32. The van der Waals surface area contributed by atoms with Gasteiger partial charge in [0.2, 0.25) is 0 Å². The predicted molar refractivity (Wildman–Crippen MR) is 74.5 cm³/mol. The topological polar surface area (TPSA) is 24.9 Å². The third-order valence-electron chi connectivity index (χ3n) is 2.35. The number of halogens is 1. The molecule has 0 bridgehead atoms. The zero-order valence-corrected chi connectivity index (χ0v) is 11.5. The second-order valence-corrected chi connectivity index (χ2v) is 5.55. The SMILES string of the molecule is CC(C)NCc1nc(-c2ccc(Cl)cc2)cs1. The lowest BCUT2D eigenvalue weighted by atomic mass is 10.2. The first-order valence-electron chi connectivity index (χ1n) is 5.59. The second kappa shape index (κ2) is 5.63. The second-order valence-electron chi connectivity index (χ2n) is 4.17. The normalized spacial score (nSPS) is 11.1. The molecular formula is C13H15ClN2S. The molecule has 0 saturated carbocycles. The van der Waals surface area contributed by atoms with E-state index in [9.17, 15) is 0 Å². The fourth-order valence-corrected chi connectivity index (χ4v) is 2.32. The van der Waals surface area contributed by atoms with E-state index < -0.39 is 0 Å². The Morgan fingerprint density at radius 2 is 2.00 bits per heavy atom. The van der Waals surface area contributed by atoms with Gasteiger partial charge in [0, 0.05) is 28.6 Å². The van der Waals surface area contributed by atoms with Gasteiger partial charge in [0.15, 0.2) is 0 Å². The number of rotatable bonds is 4. The molecule has 17 heavy (non-hydrogen) atoms. The number of nitrogens with one attached hydrogen (secondary N) is 1. The Labute approximate surface area is 111 Å². The minimum atomic E-state index is 0.484. The minimum absolute atomic E-state index is 0.484. The zero-order chi connectivity index (χ0) is 12.3. The summed E-state index contributed by atoms with van der Waals surface area (Å²) >= 11 is 7.55. The highest BCUT2D eigenvalue weighted by Crippen LogP contribution is 2.23. The van der Waals surface area contributed by atoms with Gasteiger partial charge in [0.05, 0.1) is 5.69 Å². The maximum absolute atomic E-state index is 5.86. The van der Waals surface area contributed by atoms with Gasteiger partial charge >= 0.3 is 0 Å². The van der Waals surface area contributed by atoms with E-state index in [1.54, 1.807) is 11.3 Å². The molecule has 0 aliphatic carbocycles. The van der Waals surface area contributed by atoms with Crippen molar-refractivity contribution in [2.45, 2.75) is 26.4 Å². The van der Waals surface area contributed by atoms with Crippen molar-refractivity contribution < 1.29 is 0 Å². The van der Waals surface area contributed by atoms with Gasteiger partial charge in [0.1, 0.15) is 5.01 Å². The average Bonchev–Trinajstić information content (AvgIpc) is 2.76. The van der Waals surface area contributed by atoms with Crippen molar-refractivity contribution in [3.05, 3.63) is 39.7 Å². The molecule has 2 rings (SSSR count). The Morgan fingerprint density at radius 1 is 1.29 bits per heavy atom. The summed E-state index contributed by atoms with van der Waals surface area (Å²) in [6.45, 7) is 5.09.